The molecule has 2 aromatic rings. The van der Waals surface area contributed by atoms with E-state index in [4.69, 9.17) is 10.2 Å². The molecule has 0 bridgehead atoms. The highest BCUT2D eigenvalue weighted by atomic mass is 32.2. The van der Waals surface area contributed by atoms with Gasteiger partial charge >= 0.3 is 0 Å². The van der Waals surface area contributed by atoms with Gasteiger partial charge in [-0.25, -0.2) is 0 Å². The van der Waals surface area contributed by atoms with Gasteiger partial charge in [0.2, 0.25) is 11.8 Å². The highest BCUT2D eigenvalue weighted by molar-refractivity contribution is 8.01. The Bertz CT molecular complexity index is 802. The number of fused-ring (bicyclic) bond motifs is 1. The maximum Gasteiger partial charge on any atom is 0.251 e. The summed E-state index contributed by atoms with van der Waals surface area (Å²) in [5.74, 6) is -0.643. The van der Waals surface area contributed by atoms with E-state index in [9.17, 15) is 14.4 Å². The molecule has 1 aromatic carbocycles. The second kappa shape index (κ2) is 6.79. The summed E-state index contributed by atoms with van der Waals surface area (Å²) in [5.41, 5.74) is 6.14. The fourth-order valence-corrected chi connectivity index (χ4v) is 3.37. The Balaban J connectivity index is 1.55. The van der Waals surface area contributed by atoms with Crippen LogP contribution in [0.4, 0.5) is 5.69 Å². The minimum absolute atomic E-state index is 0.0498. The van der Waals surface area contributed by atoms with Crippen LogP contribution in [0.3, 0.4) is 0 Å². The summed E-state index contributed by atoms with van der Waals surface area (Å²) in [4.78, 5) is 36.0. The number of thioether (sulfide) groups is 1. The average molecular weight is 345 g/mol. The quantitative estimate of drug-likeness (QED) is 0.760. The Kier molecular flexibility index (Phi) is 4.57. The number of nitrogens with one attached hydrogen (secondary N) is 2. The molecule has 7 nitrogen and oxygen atoms in total. The Labute approximate surface area is 142 Å². The molecule has 0 saturated carbocycles. The minimum atomic E-state index is -0.592. The highest BCUT2D eigenvalue weighted by Crippen LogP contribution is 2.36. The van der Waals surface area contributed by atoms with Crippen LogP contribution in [0.1, 0.15) is 22.5 Å². The van der Waals surface area contributed by atoms with Gasteiger partial charge in [0.1, 0.15) is 12.0 Å². The summed E-state index contributed by atoms with van der Waals surface area (Å²) < 4.78 is 5.13. The topological polar surface area (TPSA) is 114 Å². The molecule has 4 N–H and O–H groups in total. The van der Waals surface area contributed by atoms with Gasteiger partial charge in [-0.05, 0) is 18.2 Å². The molecule has 1 aliphatic rings. The van der Waals surface area contributed by atoms with E-state index >= 15 is 0 Å². The zero-order valence-corrected chi connectivity index (χ0v) is 13.4. The first-order valence-corrected chi connectivity index (χ1v) is 8.11. The number of carbonyl (C=O) groups is 3. The molecule has 0 spiro atoms. The van der Waals surface area contributed by atoms with Crippen LogP contribution >= 0.6 is 11.8 Å². The monoisotopic (exact) mass is 345 g/mol. The van der Waals surface area contributed by atoms with Crippen molar-refractivity contribution < 1.29 is 18.8 Å². The Morgan fingerprint density at radius 2 is 2.12 bits per heavy atom. The second-order valence-electron chi connectivity index (χ2n) is 5.24. The van der Waals surface area contributed by atoms with Crippen molar-refractivity contribution in [1.29, 1.82) is 0 Å². The fourth-order valence-electron chi connectivity index (χ4n) is 2.26. The molecular weight excluding hydrogens is 330 g/mol. The number of nitrogens with two attached hydrogens (primary N) is 1. The van der Waals surface area contributed by atoms with Gasteiger partial charge in [0.15, 0.2) is 0 Å². The Hall–Kier alpha value is -2.74. The summed E-state index contributed by atoms with van der Waals surface area (Å²) in [6, 6.07) is 8.92. The maximum atomic E-state index is 12.1. The van der Waals surface area contributed by atoms with Gasteiger partial charge in [0, 0.05) is 11.3 Å². The van der Waals surface area contributed by atoms with Crippen molar-refractivity contribution in [2.75, 3.05) is 5.32 Å². The lowest BCUT2D eigenvalue weighted by atomic mass is 10.2. The van der Waals surface area contributed by atoms with Crippen LogP contribution in [-0.2, 0) is 16.1 Å². The highest BCUT2D eigenvalue weighted by Gasteiger charge is 2.28. The van der Waals surface area contributed by atoms with Crippen LogP contribution in [0.5, 0.6) is 0 Å². The third-order valence-electron chi connectivity index (χ3n) is 3.48. The van der Waals surface area contributed by atoms with Gasteiger partial charge in [-0.3, -0.25) is 14.4 Å². The SMILES string of the molecule is NC(=O)c1coc(CNC(=O)C[C@H]2Sc3ccccc3NC2=O)c1. The second-order valence-corrected chi connectivity index (χ2v) is 6.48. The minimum Gasteiger partial charge on any atom is -0.467 e. The summed E-state index contributed by atoms with van der Waals surface area (Å²) in [6.07, 6.45) is 1.29. The van der Waals surface area contributed by atoms with E-state index < -0.39 is 11.2 Å². The zero-order chi connectivity index (χ0) is 17.1. The number of anilines is 1. The number of benzene rings is 1. The van der Waals surface area contributed by atoms with E-state index in [1.165, 1.54) is 24.1 Å². The number of carbonyl (C=O) groups excluding carboxylic acids is 3. The van der Waals surface area contributed by atoms with Crippen molar-refractivity contribution in [3.05, 3.63) is 47.9 Å². The summed E-state index contributed by atoms with van der Waals surface area (Å²) in [6.45, 7) is 0.127. The number of furan rings is 1. The molecule has 0 fully saturated rings. The first kappa shape index (κ1) is 16.1. The third-order valence-corrected chi connectivity index (χ3v) is 4.75. The predicted octanol–water partition coefficient (Wildman–Crippen LogP) is 1.50. The van der Waals surface area contributed by atoms with Gasteiger partial charge in [-0.1, -0.05) is 12.1 Å². The molecule has 8 heteroatoms. The Morgan fingerprint density at radius 1 is 1.33 bits per heavy atom. The molecule has 0 unspecified atom stereocenters. The van der Waals surface area contributed by atoms with Crippen molar-refractivity contribution >= 4 is 35.2 Å². The molecule has 24 heavy (non-hydrogen) atoms. The van der Waals surface area contributed by atoms with Gasteiger partial charge in [0.05, 0.1) is 23.0 Å². The smallest absolute Gasteiger partial charge is 0.251 e. The van der Waals surface area contributed by atoms with Crippen molar-refractivity contribution in [2.24, 2.45) is 5.73 Å². The summed E-state index contributed by atoms with van der Waals surface area (Å²) in [7, 11) is 0. The van der Waals surface area contributed by atoms with Gasteiger partial charge in [-0.2, -0.15) is 0 Å². The standard InChI is InChI=1S/C16H15N3O4S/c17-15(21)9-5-10(23-8-9)7-18-14(20)6-13-16(22)19-11-3-1-2-4-12(11)24-13/h1-5,8,13H,6-7H2,(H2,17,21)(H,18,20)(H,19,22)/t13-/m1/s1. The number of primary amides is 1. The lowest BCUT2D eigenvalue weighted by Crippen LogP contribution is -2.34. The van der Waals surface area contributed by atoms with Crippen LogP contribution in [0, 0.1) is 0 Å². The number of rotatable bonds is 5. The molecule has 1 atom stereocenters. The van der Waals surface area contributed by atoms with Crippen LogP contribution in [0.2, 0.25) is 0 Å². The van der Waals surface area contributed by atoms with Crippen LogP contribution in [0.15, 0.2) is 45.9 Å². The third kappa shape index (κ3) is 3.60. The molecule has 0 saturated heterocycles. The number of para-hydroxylation sites is 1. The van der Waals surface area contributed by atoms with E-state index in [2.05, 4.69) is 10.6 Å². The molecule has 0 aliphatic carbocycles. The van der Waals surface area contributed by atoms with Crippen LogP contribution < -0.4 is 16.4 Å². The molecule has 3 amide bonds. The molecule has 3 rings (SSSR count). The average Bonchev–Trinajstić information content (AvgIpc) is 3.03. The van der Waals surface area contributed by atoms with Crippen molar-refractivity contribution in [2.45, 2.75) is 23.1 Å². The molecule has 1 aromatic heterocycles. The first-order chi connectivity index (χ1) is 11.5. The van der Waals surface area contributed by atoms with Gasteiger partial charge in [0.25, 0.3) is 5.91 Å². The molecule has 2 heterocycles. The number of hydrogen-bond acceptors (Lipinski definition) is 5. The van der Waals surface area contributed by atoms with E-state index in [0.29, 0.717) is 5.76 Å². The van der Waals surface area contributed by atoms with E-state index in [-0.39, 0.29) is 30.3 Å². The first-order valence-electron chi connectivity index (χ1n) is 7.23. The van der Waals surface area contributed by atoms with E-state index in [1.54, 1.807) is 0 Å². The largest absolute Gasteiger partial charge is 0.467 e. The Morgan fingerprint density at radius 3 is 2.88 bits per heavy atom. The van der Waals surface area contributed by atoms with E-state index in [0.717, 1.165) is 10.6 Å². The molecule has 124 valence electrons. The van der Waals surface area contributed by atoms with Gasteiger partial charge < -0.3 is 20.8 Å². The van der Waals surface area contributed by atoms with Crippen LogP contribution in [0.25, 0.3) is 0 Å². The van der Waals surface area contributed by atoms with E-state index in [1.807, 2.05) is 24.3 Å². The number of amides is 3. The van der Waals surface area contributed by atoms with Gasteiger partial charge in [-0.15, -0.1) is 11.8 Å². The predicted molar refractivity (Wildman–Crippen MR) is 88.4 cm³/mol. The molecule has 1 aliphatic heterocycles. The van der Waals surface area contributed by atoms with Crippen molar-refractivity contribution in [3.63, 3.8) is 0 Å². The summed E-state index contributed by atoms with van der Waals surface area (Å²) in [5, 5.41) is 4.97. The number of hydrogen-bond donors (Lipinski definition) is 3. The lowest BCUT2D eigenvalue weighted by molar-refractivity contribution is -0.124. The molecule has 0 radical (unpaired) electrons. The maximum absolute atomic E-state index is 12.1. The summed E-state index contributed by atoms with van der Waals surface area (Å²) >= 11 is 1.37. The van der Waals surface area contributed by atoms with Crippen molar-refractivity contribution in [1.82, 2.24) is 5.32 Å². The van der Waals surface area contributed by atoms with Crippen molar-refractivity contribution in [3.8, 4) is 0 Å². The zero-order valence-electron chi connectivity index (χ0n) is 12.6. The molecular formula is C16H15N3O4S. The normalized spacial score (nSPS) is 16.2. The fraction of sp³-hybridized carbons (Fsp3) is 0.188. The van der Waals surface area contributed by atoms with Crippen LogP contribution in [-0.4, -0.2) is 23.0 Å². The lowest BCUT2D eigenvalue weighted by Gasteiger charge is -2.23.